The smallest absolute Gasteiger partial charge is 0.264 e. The summed E-state index contributed by atoms with van der Waals surface area (Å²) in [6.45, 7) is 6.99. The van der Waals surface area contributed by atoms with Crippen molar-refractivity contribution in [3.8, 4) is 0 Å². The number of anilines is 2. The Morgan fingerprint density at radius 1 is 1.23 bits per heavy atom. The number of amides is 3. The first-order valence-electron chi connectivity index (χ1n) is 14.7. The molecule has 0 aliphatic carbocycles. The van der Waals surface area contributed by atoms with E-state index < -0.39 is 43.6 Å². The molecule has 3 amide bonds. The lowest BCUT2D eigenvalue weighted by Crippen LogP contribution is -2.45. The number of hydrogen-bond acceptors (Lipinski definition) is 6. The van der Waals surface area contributed by atoms with Gasteiger partial charge in [-0.25, -0.2) is 0 Å². The fraction of sp³-hybridized carbons (Fsp3) is 0.516. The second kappa shape index (κ2) is 11.9. The van der Waals surface area contributed by atoms with Gasteiger partial charge in [0.25, 0.3) is 11.8 Å². The highest BCUT2D eigenvalue weighted by Crippen LogP contribution is 2.60. The number of aliphatic hydroxyl groups excluding tert-OH is 2. The first-order chi connectivity index (χ1) is 20.3. The number of fused-ring (bicyclic) bond motifs is 2. The van der Waals surface area contributed by atoms with Gasteiger partial charge < -0.3 is 34.2 Å². The Balaban J connectivity index is 1.47. The van der Waals surface area contributed by atoms with E-state index in [-0.39, 0.29) is 37.4 Å². The van der Waals surface area contributed by atoms with Crippen LogP contribution in [0.2, 0.25) is 23.7 Å². The van der Waals surface area contributed by atoms with Gasteiger partial charge in [-0.3, -0.25) is 14.4 Å². The molecule has 0 aromatic heterocycles. The number of nitrogens with one attached hydrogen (secondary N) is 1. The van der Waals surface area contributed by atoms with E-state index in [1.807, 2.05) is 6.92 Å². The molecule has 3 aliphatic heterocycles. The Morgan fingerprint density at radius 2 is 1.93 bits per heavy atom. The topological polar surface area (TPSA) is 119 Å². The number of benzene rings is 2. The minimum Gasteiger partial charge on any atom is -0.394 e. The van der Waals surface area contributed by atoms with Crippen LogP contribution in [0.3, 0.4) is 0 Å². The molecule has 12 heteroatoms. The van der Waals surface area contributed by atoms with Crippen molar-refractivity contribution >= 4 is 49.1 Å². The summed E-state index contributed by atoms with van der Waals surface area (Å²) in [4.78, 5) is 43.1. The van der Waals surface area contributed by atoms with Crippen LogP contribution < -0.4 is 10.2 Å². The van der Waals surface area contributed by atoms with E-state index in [4.69, 9.17) is 16.3 Å². The number of aliphatic hydroxyl groups is 2. The molecule has 0 saturated carbocycles. The molecule has 2 saturated heterocycles. The first kappa shape index (κ1) is 31.6. The van der Waals surface area contributed by atoms with E-state index in [0.717, 1.165) is 12.0 Å². The lowest BCUT2D eigenvalue weighted by Gasteiger charge is -2.31. The number of hydrogen-bond donors (Lipinski definition) is 3. The Kier molecular flexibility index (Phi) is 8.76. The molecule has 2 fully saturated rings. The zero-order valence-electron chi connectivity index (χ0n) is 24.8. The lowest BCUT2D eigenvalue weighted by atomic mass is 9.82. The van der Waals surface area contributed by atoms with E-state index in [0.29, 0.717) is 34.9 Å². The van der Waals surface area contributed by atoms with Crippen molar-refractivity contribution < 1.29 is 33.4 Å². The quantitative estimate of drug-likeness (QED) is 0.294. The SMILES string of the molecule is C[C@H](O)C(=O)Nc1ccc(CN2C(=O)[C@@]3(O[C@@H](CC(=O)N4CCC[C@H]4CO)[C@H]([Si](C)(C)F)[C@H]3C)c3cc(Cl)ccc32)cc1. The van der Waals surface area contributed by atoms with Gasteiger partial charge in [0.2, 0.25) is 14.3 Å². The summed E-state index contributed by atoms with van der Waals surface area (Å²) in [5.41, 5.74) is 0.297. The third-order valence-electron chi connectivity index (χ3n) is 9.15. The van der Waals surface area contributed by atoms with Crippen LogP contribution in [-0.2, 0) is 31.3 Å². The van der Waals surface area contributed by atoms with Crippen molar-refractivity contribution in [3.63, 3.8) is 0 Å². The molecule has 2 aromatic rings. The normalized spacial score (nSPS) is 27.6. The van der Waals surface area contributed by atoms with Crippen LogP contribution in [0.25, 0.3) is 0 Å². The summed E-state index contributed by atoms with van der Waals surface area (Å²) in [7, 11) is -3.47. The van der Waals surface area contributed by atoms with E-state index in [9.17, 15) is 24.6 Å². The van der Waals surface area contributed by atoms with E-state index >= 15 is 4.11 Å². The van der Waals surface area contributed by atoms with Gasteiger partial charge in [0.1, 0.15) is 6.10 Å². The lowest BCUT2D eigenvalue weighted by molar-refractivity contribution is -0.150. The predicted molar refractivity (Wildman–Crippen MR) is 164 cm³/mol. The standard InChI is InChI=1S/C31H39ClFN3O6Si/c1-18-28(43(3,4)33)26(15-27(39)35-13-5-6-23(35)17-37)42-31(18)24-14-21(32)9-12-25(24)36(30(31)41)16-20-7-10-22(11-8-20)34-29(40)19(2)38/h7-12,14,18-19,23,26,28,37-38H,5-6,13,15-17H2,1-4H3,(H,34,40)/t18-,19+,23+,26+,28-,31+/m1/s1. The second-order valence-corrected chi connectivity index (χ2v) is 16.7. The summed E-state index contributed by atoms with van der Waals surface area (Å²) >= 11 is 6.45. The zero-order valence-corrected chi connectivity index (χ0v) is 26.6. The van der Waals surface area contributed by atoms with Gasteiger partial charge in [-0.1, -0.05) is 30.7 Å². The zero-order chi connectivity index (χ0) is 31.3. The highest BCUT2D eigenvalue weighted by atomic mass is 35.5. The van der Waals surface area contributed by atoms with Gasteiger partial charge in [0.05, 0.1) is 37.4 Å². The number of carbonyl (C=O) groups is 3. The number of carbonyl (C=O) groups excluding carboxylic acids is 3. The molecule has 0 unspecified atom stereocenters. The summed E-state index contributed by atoms with van der Waals surface area (Å²) in [6, 6.07) is 11.8. The first-order valence-corrected chi connectivity index (χ1v) is 18.1. The van der Waals surface area contributed by atoms with Crippen LogP contribution in [0.15, 0.2) is 42.5 Å². The Labute approximate surface area is 257 Å². The molecule has 2 aromatic carbocycles. The molecule has 43 heavy (non-hydrogen) atoms. The molecule has 5 rings (SSSR count). The molecule has 3 aliphatic rings. The van der Waals surface area contributed by atoms with Crippen LogP contribution in [0.5, 0.6) is 0 Å². The summed E-state index contributed by atoms with van der Waals surface area (Å²) in [5, 5.41) is 22.3. The van der Waals surface area contributed by atoms with Crippen LogP contribution in [-0.4, -0.2) is 72.6 Å². The molecule has 9 nitrogen and oxygen atoms in total. The van der Waals surface area contributed by atoms with E-state index in [1.165, 1.54) is 6.92 Å². The van der Waals surface area contributed by atoms with Crippen molar-refractivity contribution in [2.75, 3.05) is 23.4 Å². The van der Waals surface area contributed by atoms with Gasteiger partial charge in [0.15, 0.2) is 5.60 Å². The minimum absolute atomic E-state index is 0.0730. The molecule has 3 heterocycles. The largest absolute Gasteiger partial charge is 0.394 e. The Morgan fingerprint density at radius 3 is 2.56 bits per heavy atom. The fourth-order valence-corrected chi connectivity index (χ4v) is 9.81. The van der Waals surface area contributed by atoms with Gasteiger partial charge in [0, 0.05) is 34.3 Å². The number of nitrogens with zero attached hydrogens (tertiary/aromatic N) is 2. The fourth-order valence-electron chi connectivity index (χ4n) is 7.14. The molecule has 1 spiro atoms. The Hall–Kier alpha value is -2.83. The van der Waals surface area contributed by atoms with Crippen molar-refractivity contribution in [2.24, 2.45) is 5.92 Å². The predicted octanol–water partition coefficient (Wildman–Crippen LogP) is 4.35. The molecular weight excluding hydrogens is 593 g/mol. The average Bonchev–Trinajstić information content (AvgIpc) is 3.60. The number of ether oxygens (including phenoxy) is 1. The van der Waals surface area contributed by atoms with Crippen molar-refractivity contribution in [3.05, 3.63) is 58.6 Å². The average molecular weight is 632 g/mol. The highest BCUT2D eigenvalue weighted by Gasteiger charge is 2.67. The third kappa shape index (κ3) is 5.73. The number of rotatable bonds is 8. The van der Waals surface area contributed by atoms with Crippen LogP contribution in [0.4, 0.5) is 15.5 Å². The molecule has 6 atom stereocenters. The monoisotopic (exact) mass is 631 g/mol. The minimum atomic E-state index is -3.47. The molecule has 0 radical (unpaired) electrons. The van der Waals surface area contributed by atoms with E-state index in [1.54, 1.807) is 65.4 Å². The molecular formula is C31H39ClFN3O6Si. The van der Waals surface area contributed by atoms with Gasteiger partial charge in [-0.05, 0) is 68.8 Å². The van der Waals surface area contributed by atoms with Crippen LogP contribution in [0, 0.1) is 5.92 Å². The van der Waals surface area contributed by atoms with Crippen LogP contribution in [0.1, 0.15) is 44.2 Å². The van der Waals surface area contributed by atoms with E-state index in [2.05, 4.69) is 5.32 Å². The number of likely N-dealkylation sites (tertiary alicyclic amines) is 1. The van der Waals surface area contributed by atoms with Crippen molar-refractivity contribution in [2.45, 2.75) is 82.1 Å². The van der Waals surface area contributed by atoms with Crippen molar-refractivity contribution in [1.29, 1.82) is 0 Å². The maximum atomic E-state index is 16.1. The summed E-state index contributed by atoms with van der Waals surface area (Å²) < 4.78 is 22.8. The molecule has 0 bridgehead atoms. The van der Waals surface area contributed by atoms with Gasteiger partial charge >= 0.3 is 0 Å². The van der Waals surface area contributed by atoms with Gasteiger partial charge in [-0.15, -0.1) is 0 Å². The summed E-state index contributed by atoms with van der Waals surface area (Å²) in [5.74, 6) is -1.64. The highest BCUT2D eigenvalue weighted by molar-refractivity contribution is 6.72. The van der Waals surface area contributed by atoms with Crippen LogP contribution >= 0.6 is 11.6 Å². The maximum Gasteiger partial charge on any atom is 0.264 e. The maximum absolute atomic E-state index is 16.1. The summed E-state index contributed by atoms with van der Waals surface area (Å²) in [6.07, 6.45) is -0.531. The third-order valence-corrected chi connectivity index (χ3v) is 11.8. The van der Waals surface area contributed by atoms with Gasteiger partial charge in [-0.2, -0.15) is 0 Å². The molecule has 3 N–H and O–H groups in total. The van der Waals surface area contributed by atoms with Crippen molar-refractivity contribution in [1.82, 2.24) is 4.90 Å². The second-order valence-electron chi connectivity index (χ2n) is 12.5. The molecule has 232 valence electrons. The Bertz CT molecular complexity index is 1400. The number of halogens is 2.